The van der Waals surface area contributed by atoms with Crippen LogP contribution in [0.4, 0.5) is 0 Å². The molecular weight excluding hydrogens is 264 g/mol. The van der Waals surface area contributed by atoms with Crippen LogP contribution in [0, 0.1) is 11.3 Å². The number of aliphatic hydroxyl groups is 1. The van der Waals surface area contributed by atoms with Gasteiger partial charge in [0, 0.05) is 13.1 Å². The Hall–Kier alpha value is -1.57. The molecule has 1 aliphatic heterocycles. The van der Waals surface area contributed by atoms with Crippen LogP contribution in [-0.2, 0) is 0 Å². The zero-order valence-corrected chi connectivity index (χ0v) is 12.7. The minimum Gasteiger partial charge on any atom is -0.494 e. The van der Waals surface area contributed by atoms with Crippen molar-refractivity contribution in [2.24, 2.45) is 0 Å². The van der Waals surface area contributed by atoms with Crippen LogP contribution in [0.5, 0.6) is 5.75 Å². The number of hydrogen-bond acceptors (Lipinski definition) is 4. The van der Waals surface area contributed by atoms with Crippen molar-refractivity contribution in [2.75, 3.05) is 26.2 Å². The Balaban J connectivity index is 1.69. The van der Waals surface area contributed by atoms with Gasteiger partial charge in [0.1, 0.15) is 5.75 Å². The Morgan fingerprint density at radius 2 is 2.24 bits per heavy atom. The van der Waals surface area contributed by atoms with Crippen LogP contribution in [-0.4, -0.2) is 41.8 Å². The molecule has 1 heterocycles. The standard InChI is InChI=1S/C17H24N2O2/c1-17(20)7-3-9-19(11-8-17)10-4-12-21-16-6-2-5-15(13-16)14-18/h2,5-6,13,20H,3-4,7-12H2,1H3. The fourth-order valence-electron chi connectivity index (χ4n) is 2.68. The topological polar surface area (TPSA) is 56.5 Å². The van der Waals surface area contributed by atoms with E-state index in [1.165, 1.54) is 0 Å². The molecule has 0 radical (unpaired) electrons. The third-order valence-corrected chi connectivity index (χ3v) is 4.01. The quantitative estimate of drug-likeness (QED) is 0.846. The second-order valence-corrected chi connectivity index (χ2v) is 6.03. The molecule has 1 saturated heterocycles. The van der Waals surface area contributed by atoms with Crippen LogP contribution in [0.1, 0.15) is 38.2 Å². The average Bonchev–Trinajstić information content (AvgIpc) is 2.65. The molecule has 1 aliphatic rings. The number of hydrogen-bond donors (Lipinski definition) is 1. The van der Waals surface area contributed by atoms with Gasteiger partial charge in [-0.25, -0.2) is 0 Å². The van der Waals surface area contributed by atoms with E-state index in [1.54, 1.807) is 12.1 Å². The van der Waals surface area contributed by atoms with Gasteiger partial charge >= 0.3 is 0 Å². The van der Waals surface area contributed by atoms with Gasteiger partial charge in [0.05, 0.1) is 23.8 Å². The van der Waals surface area contributed by atoms with E-state index in [-0.39, 0.29) is 0 Å². The highest BCUT2D eigenvalue weighted by Gasteiger charge is 2.24. The first-order valence-corrected chi connectivity index (χ1v) is 7.67. The summed E-state index contributed by atoms with van der Waals surface area (Å²) in [5.41, 5.74) is 0.130. The number of rotatable bonds is 5. The van der Waals surface area contributed by atoms with E-state index in [0.717, 1.165) is 51.1 Å². The summed E-state index contributed by atoms with van der Waals surface area (Å²) in [6.45, 7) is 5.59. The molecule has 0 spiro atoms. The molecule has 21 heavy (non-hydrogen) atoms. The van der Waals surface area contributed by atoms with Crippen LogP contribution < -0.4 is 4.74 Å². The Kier molecular flexibility index (Phi) is 5.60. The largest absolute Gasteiger partial charge is 0.494 e. The van der Waals surface area contributed by atoms with Crippen molar-refractivity contribution in [1.29, 1.82) is 5.26 Å². The van der Waals surface area contributed by atoms with Crippen molar-refractivity contribution in [1.82, 2.24) is 4.90 Å². The number of benzene rings is 1. The van der Waals surface area contributed by atoms with Crippen molar-refractivity contribution < 1.29 is 9.84 Å². The summed E-state index contributed by atoms with van der Waals surface area (Å²) in [5, 5.41) is 18.9. The van der Waals surface area contributed by atoms with E-state index in [9.17, 15) is 5.11 Å². The summed E-state index contributed by atoms with van der Waals surface area (Å²) < 4.78 is 5.68. The fourth-order valence-corrected chi connectivity index (χ4v) is 2.68. The van der Waals surface area contributed by atoms with Gasteiger partial charge in [0.25, 0.3) is 0 Å². The van der Waals surface area contributed by atoms with Gasteiger partial charge in [-0.3, -0.25) is 0 Å². The minimum atomic E-state index is -0.497. The lowest BCUT2D eigenvalue weighted by Crippen LogP contribution is -2.29. The SMILES string of the molecule is CC1(O)CCCN(CCCOc2cccc(C#N)c2)CC1. The normalized spacial score (nSPS) is 23.3. The number of nitriles is 1. The monoisotopic (exact) mass is 288 g/mol. The maximum absolute atomic E-state index is 10.1. The Morgan fingerprint density at radius 1 is 1.38 bits per heavy atom. The van der Waals surface area contributed by atoms with E-state index >= 15 is 0 Å². The van der Waals surface area contributed by atoms with Crippen molar-refractivity contribution in [3.05, 3.63) is 29.8 Å². The third-order valence-electron chi connectivity index (χ3n) is 4.01. The molecule has 0 amide bonds. The number of ether oxygens (including phenoxy) is 1. The summed E-state index contributed by atoms with van der Waals surface area (Å²) in [5.74, 6) is 0.757. The zero-order valence-electron chi connectivity index (χ0n) is 12.7. The summed E-state index contributed by atoms with van der Waals surface area (Å²) >= 11 is 0. The Labute approximate surface area is 127 Å². The molecule has 1 N–H and O–H groups in total. The van der Waals surface area contributed by atoms with Crippen LogP contribution in [0.25, 0.3) is 0 Å². The lowest BCUT2D eigenvalue weighted by molar-refractivity contribution is 0.0445. The summed E-state index contributed by atoms with van der Waals surface area (Å²) in [7, 11) is 0. The van der Waals surface area contributed by atoms with Crippen LogP contribution in [0.15, 0.2) is 24.3 Å². The highest BCUT2D eigenvalue weighted by Crippen LogP contribution is 2.21. The Bertz CT molecular complexity index is 494. The fraction of sp³-hybridized carbons (Fsp3) is 0.588. The van der Waals surface area contributed by atoms with Crippen molar-refractivity contribution >= 4 is 0 Å². The van der Waals surface area contributed by atoms with Crippen molar-refractivity contribution in [2.45, 2.75) is 38.2 Å². The molecule has 0 aromatic heterocycles. The van der Waals surface area contributed by atoms with Crippen molar-refractivity contribution in [3.63, 3.8) is 0 Å². The molecule has 0 saturated carbocycles. The number of nitrogens with zero attached hydrogens (tertiary/aromatic N) is 2. The molecule has 1 aromatic carbocycles. The molecule has 1 unspecified atom stereocenters. The van der Waals surface area contributed by atoms with Gasteiger partial charge in [-0.05, 0) is 57.4 Å². The van der Waals surface area contributed by atoms with E-state index in [4.69, 9.17) is 10.00 Å². The molecule has 4 nitrogen and oxygen atoms in total. The van der Waals surface area contributed by atoms with E-state index in [2.05, 4.69) is 11.0 Å². The zero-order chi connectivity index (χ0) is 15.1. The molecule has 114 valence electrons. The van der Waals surface area contributed by atoms with Gasteiger partial charge < -0.3 is 14.7 Å². The second kappa shape index (κ2) is 7.44. The van der Waals surface area contributed by atoms with Crippen LogP contribution in [0.3, 0.4) is 0 Å². The first kappa shape index (κ1) is 15.8. The van der Waals surface area contributed by atoms with Gasteiger partial charge in [-0.1, -0.05) is 6.07 Å². The molecule has 0 aliphatic carbocycles. The van der Waals surface area contributed by atoms with E-state index in [0.29, 0.717) is 12.2 Å². The molecule has 1 aromatic rings. The van der Waals surface area contributed by atoms with Crippen LogP contribution >= 0.6 is 0 Å². The molecule has 1 atom stereocenters. The second-order valence-electron chi connectivity index (χ2n) is 6.03. The predicted molar refractivity (Wildman–Crippen MR) is 82.2 cm³/mol. The molecule has 2 rings (SSSR count). The molecule has 0 bridgehead atoms. The molecular formula is C17H24N2O2. The lowest BCUT2D eigenvalue weighted by Gasteiger charge is -2.22. The Morgan fingerprint density at radius 3 is 3.05 bits per heavy atom. The first-order valence-electron chi connectivity index (χ1n) is 7.67. The highest BCUT2D eigenvalue weighted by molar-refractivity contribution is 5.36. The van der Waals surface area contributed by atoms with E-state index < -0.39 is 5.60 Å². The van der Waals surface area contributed by atoms with Gasteiger partial charge in [0.2, 0.25) is 0 Å². The maximum Gasteiger partial charge on any atom is 0.120 e. The van der Waals surface area contributed by atoms with Gasteiger partial charge in [-0.2, -0.15) is 5.26 Å². The first-order chi connectivity index (χ1) is 10.1. The van der Waals surface area contributed by atoms with Crippen molar-refractivity contribution in [3.8, 4) is 11.8 Å². The highest BCUT2D eigenvalue weighted by atomic mass is 16.5. The number of likely N-dealkylation sites (tertiary alicyclic amines) is 1. The summed E-state index contributed by atoms with van der Waals surface area (Å²) in [6.07, 6.45) is 3.75. The lowest BCUT2D eigenvalue weighted by atomic mass is 9.98. The smallest absolute Gasteiger partial charge is 0.120 e. The maximum atomic E-state index is 10.1. The summed E-state index contributed by atoms with van der Waals surface area (Å²) in [6, 6.07) is 9.37. The van der Waals surface area contributed by atoms with Crippen LogP contribution in [0.2, 0.25) is 0 Å². The minimum absolute atomic E-state index is 0.497. The third kappa shape index (κ3) is 5.37. The predicted octanol–water partition coefficient (Wildman–Crippen LogP) is 2.56. The van der Waals surface area contributed by atoms with Gasteiger partial charge in [-0.15, -0.1) is 0 Å². The van der Waals surface area contributed by atoms with Gasteiger partial charge in [0.15, 0.2) is 0 Å². The van der Waals surface area contributed by atoms with E-state index in [1.807, 2.05) is 19.1 Å². The molecule has 4 heteroatoms. The average molecular weight is 288 g/mol. The molecule has 1 fully saturated rings. The summed E-state index contributed by atoms with van der Waals surface area (Å²) in [4.78, 5) is 2.40.